The van der Waals surface area contributed by atoms with E-state index in [0.29, 0.717) is 0 Å². The van der Waals surface area contributed by atoms with Gasteiger partial charge in [0.1, 0.15) is 24.4 Å². The van der Waals surface area contributed by atoms with E-state index in [-0.39, 0.29) is 44.7 Å². The van der Waals surface area contributed by atoms with E-state index >= 15 is 0 Å². The Kier molecular flexibility index (Phi) is 11.7. The van der Waals surface area contributed by atoms with Crippen LogP contribution in [0.25, 0.3) is 11.2 Å². The third-order valence-corrected chi connectivity index (χ3v) is 24.5. The Bertz CT molecular complexity index is 1490. The van der Waals surface area contributed by atoms with E-state index in [2.05, 4.69) is 122 Å². The average Bonchev–Trinajstić information content (AvgIpc) is 3.38. The molecule has 1 aliphatic heterocycles. The summed E-state index contributed by atoms with van der Waals surface area (Å²) < 4.78 is 27.9. The molecule has 1 aliphatic rings. The Morgan fingerprint density at radius 1 is 0.917 bits per heavy atom. The van der Waals surface area contributed by atoms with E-state index in [1.54, 1.807) is 13.8 Å². The van der Waals surface area contributed by atoms with E-state index in [0.717, 1.165) is 0 Å². The highest BCUT2D eigenvalue weighted by Gasteiger charge is 2.56. The minimum absolute atomic E-state index is 0.0570. The van der Waals surface area contributed by atoms with Crippen molar-refractivity contribution in [2.75, 3.05) is 11.5 Å². The van der Waals surface area contributed by atoms with E-state index in [1.807, 2.05) is 0 Å². The van der Waals surface area contributed by atoms with E-state index in [4.69, 9.17) is 18.0 Å². The Hall–Kier alpha value is -1.73. The summed E-state index contributed by atoms with van der Waals surface area (Å²) in [7, 11) is -7.30. The van der Waals surface area contributed by atoms with E-state index in [9.17, 15) is 14.7 Å². The first-order valence-corrected chi connectivity index (χ1v) is 25.8. The van der Waals surface area contributed by atoms with Gasteiger partial charge in [-0.2, -0.15) is 4.98 Å². The standard InChI is InChI=1S/C33H63N5O7Si3/c1-20(2)28(41)38(30-36-26-22(27(40)37-30)34-19-35-26)29-23(39)25(45-48(16,17)33(9,10)11)24(44-47(14,15)32(6,7)8)21(43-29)18-42-46(12,13)31(3,4)5/h19-21,23-25,29,39H,18H2,1-17H3,(H2,34,35,36,37,40)/t21-,23-,24-,25-,29-/m1/s1. The molecule has 1 amide bonds. The molecule has 0 bridgehead atoms. The number of carbonyl (C=O) groups is 1. The maximum absolute atomic E-state index is 14.1. The monoisotopic (exact) mass is 725 g/mol. The van der Waals surface area contributed by atoms with Gasteiger partial charge in [0.25, 0.3) is 5.56 Å². The number of aromatic nitrogens is 4. The highest BCUT2D eigenvalue weighted by atomic mass is 28.4. The molecule has 0 aromatic carbocycles. The molecule has 0 unspecified atom stereocenters. The van der Waals surface area contributed by atoms with Crippen molar-refractivity contribution in [1.82, 2.24) is 19.9 Å². The molecule has 3 rings (SSSR count). The van der Waals surface area contributed by atoms with Gasteiger partial charge in [-0.15, -0.1) is 0 Å². The molecule has 5 atom stereocenters. The van der Waals surface area contributed by atoms with Crippen molar-refractivity contribution in [2.45, 2.75) is 161 Å². The number of carbonyl (C=O) groups excluding carboxylic acids is 1. The van der Waals surface area contributed by atoms with Crippen LogP contribution in [0.4, 0.5) is 5.95 Å². The fraction of sp³-hybridized carbons (Fsp3) is 0.818. The summed E-state index contributed by atoms with van der Waals surface area (Å²) in [5, 5.41) is 12.0. The van der Waals surface area contributed by atoms with Crippen LogP contribution in [-0.2, 0) is 22.8 Å². The molecule has 0 aliphatic carbocycles. The van der Waals surface area contributed by atoms with Gasteiger partial charge >= 0.3 is 0 Å². The van der Waals surface area contributed by atoms with Gasteiger partial charge in [0.05, 0.1) is 12.9 Å². The lowest BCUT2D eigenvalue weighted by molar-refractivity contribution is -0.220. The van der Waals surface area contributed by atoms with Gasteiger partial charge < -0.3 is 28.1 Å². The molecule has 48 heavy (non-hydrogen) atoms. The summed E-state index contributed by atoms with van der Waals surface area (Å²) in [6, 6.07) is 0. The largest absolute Gasteiger partial charge is 0.414 e. The van der Waals surface area contributed by atoms with Crippen molar-refractivity contribution in [3.05, 3.63) is 16.7 Å². The molecule has 274 valence electrons. The molecular formula is C33H63N5O7Si3. The molecule has 0 saturated carbocycles. The fourth-order valence-corrected chi connectivity index (χ4v) is 8.29. The third kappa shape index (κ3) is 8.41. The number of aliphatic hydroxyl groups is 1. The van der Waals surface area contributed by atoms with Crippen molar-refractivity contribution in [1.29, 1.82) is 0 Å². The van der Waals surface area contributed by atoms with Crippen LogP contribution in [0.2, 0.25) is 54.4 Å². The maximum atomic E-state index is 14.1. The molecule has 0 radical (unpaired) electrons. The first-order chi connectivity index (χ1) is 21.5. The number of hydrogen-bond acceptors (Lipinski definition) is 9. The number of imidazole rings is 1. The second kappa shape index (κ2) is 13.8. The highest BCUT2D eigenvalue weighted by molar-refractivity contribution is 6.75. The molecule has 0 spiro atoms. The van der Waals surface area contributed by atoms with Gasteiger partial charge in [0.2, 0.25) is 11.9 Å². The van der Waals surface area contributed by atoms with Crippen LogP contribution in [0.1, 0.15) is 76.2 Å². The molecule has 3 N–H and O–H groups in total. The van der Waals surface area contributed by atoms with Gasteiger partial charge in [0, 0.05) is 5.92 Å². The number of nitrogens with zero attached hydrogens (tertiary/aromatic N) is 3. The summed E-state index contributed by atoms with van der Waals surface area (Å²) in [4.78, 5) is 42.6. The Labute approximate surface area is 290 Å². The number of ether oxygens (including phenoxy) is 1. The number of hydrogen-bond donors (Lipinski definition) is 3. The number of nitrogens with one attached hydrogen (secondary N) is 2. The lowest BCUT2D eigenvalue weighted by Gasteiger charge is -2.53. The van der Waals surface area contributed by atoms with Crippen molar-refractivity contribution in [3.63, 3.8) is 0 Å². The van der Waals surface area contributed by atoms with Crippen molar-refractivity contribution in [3.8, 4) is 0 Å². The maximum Gasteiger partial charge on any atom is 0.280 e. The van der Waals surface area contributed by atoms with Crippen LogP contribution in [0.5, 0.6) is 0 Å². The quantitative estimate of drug-likeness (QED) is 0.233. The van der Waals surface area contributed by atoms with Crippen LogP contribution in [-0.4, -0.2) is 93.2 Å². The first-order valence-electron chi connectivity index (χ1n) is 17.1. The minimum Gasteiger partial charge on any atom is -0.414 e. The predicted octanol–water partition coefficient (Wildman–Crippen LogP) is 6.52. The molecule has 1 saturated heterocycles. The number of aromatic amines is 2. The predicted molar refractivity (Wildman–Crippen MR) is 199 cm³/mol. The van der Waals surface area contributed by atoms with Gasteiger partial charge in [-0.1, -0.05) is 76.2 Å². The van der Waals surface area contributed by atoms with Crippen LogP contribution < -0.4 is 10.5 Å². The zero-order valence-electron chi connectivity index (χ0n) is 32.5. The number of rotatable bonds is 10. The second-order valence-corrected chi connectivity index (χ2v) is 32.5. The number of aliphatic hydroxyl groups excluding tert-OH is 1. The average molecular weight is 726 g/mol. The summed E-state index contributed by atoms with van der Waals surface area (Å²) in [6.45, 7) is 36.1. The number of anilines is 1. The molecule has 2 aromatic heterocycles. The molecule has 2 aromatic rings. The zero-order valence-corrected chi connectivity index (χ0v) is 35.5. The second-order valence-electron chi connectivity index (χ2n) is 18.2. The van der Waals surface area contributed by atoms with Crippen LogP contribution in [0.3, 0.4) is 0 Å². The summed E-state index contributed by atoms with van der Waals surface area (Å²) in [6.07, 6.45) is -3.56. The molecule has 12 nitrogen and oxygen atoms in total. The Balaban J connectivity index is 2.28. The lowest BCUT2D eigenvalue weighted by Crippen LogP contribution is -2.69. The summed E-state index contributed by atoms with van der Waals surface area (Å²) in [5.74, 6) is -0.968. The van der Waals surface area contributed by atoms with Crippen molar-refractivity contribution < 1.29 is 27.9 Å². The topological polar surface area (TPSA) is 152 Å². The number of fused-ring (bicyclic) bond motifs is 1. The lowest BCUT2D eigenvalue weighted by atomic mass is 9.97. The van der Waals surface area contributed by atoms with E-state index < -0.39 is 67.1 Å². The van der Waals surface area contributed by atoms with Gasteiger partial charge in [-0.05, 0) is 54.4 Å². The number of amides is 1. The van der Waals surface area contributed by atoms with E-state index in [1.165, 1.54) is 11.2 Å². The van der Waals surface area contributed by atoms with Crippen LogP contribution >= 0.6 is 0 Å². The molecule has 15 heteroatoms. The first kappa shape index (κ1) is 40.7. The smallest absolute Gasteiger partial charge is 0.280 e. The minimum atomic E-state index is -2.55. The summed E-state index contributed by atoms with van der Waals surface area (Å²) in [5.41, 5.74) is -0.191. The normalized spacial score (nSPS) is 23.6. The summed E-state index contributed by atoms with van der Waals surface area (Å²) >= 11 is 0. The molecule has 3 heterocycles. The van der Waals surface area contributed by atoms with Crippen molar-refractivity contribution >= 4 is 48.0 Å². The van der Waals surface area contributed by atoms with Gasteiger partial charge in [0.15, 0.2) is 42.3 Å². The fourth-order valence-electron chi connectivity index (χ4n) is 4.65. The SMILES string of the molecule is CC(C)C(=O)N(c1nc2[nH]cnc2c(=O)[nH]1)[C@@H]1O[C@H](CO[Si](C)(C)C(C)(C)C)[C@@H](O[Si](C)(C)C(C)(C)C)[C@H](O[Si](C)(C)C(C)(C)C)[C@H]1O. The molecule has 1 fully saturated rings. The van der Waals surface area contributed by atoms with Gasteiger partial charge in [-0.25, -0.2) is 4.98 Å². The van der Waals surface area contributed by atoms with Crippen LogP contribution in [0, 0.1) is 5.92 Å². The zero-order chi connectivity index (χ0) is 37.0. The third-order valence-electron chi connectivity index (χ3n) is 11.0. The molecular weight excluding hydrogens is 663 g/mol. The number of H-pyrrole nitrogens is 2. The van der Waals surface area contributed by atoms with Crippen LogP contribution in [0.15, 0.2) is 11.1 Å². The Morgan fingerprint density at radius 3 is 1.90 bits per heavy atom. The van der Waals surface area contributed by atoms with Crippen molar-refractivity contribution in [2.24, 2.45) is 5.92 Å². The van der Waals surface area contributed by atoms with Gasteiger partial charge in [-0.3, -0.25) is 19.5 Å². The highest BCUT2D eigenvalue weighted by Crippen LogP contribution is 2.44. The Morgan fingerprint density at radius 2 is 1.42 bits per heavy atom.